The Balaban J connectivity index is 2.07. The van der Waals surface area contributed by atoms with Crippen molar-refractivity contribution < 1.29 is 27.8 Å². The quantitative estimate of drug-likeness (QED) is 0.627. The van der Waals surface area contributed by atoms with Crippen LogP contribution in [0, 0.1) is 5.41 Å². The van der Waals surface area contributed by atoms with Crippen LogP contribution in [0.25, 0.3) is 11.1 Å². The number of benzene rings is 1. The van der Waals surface area contributed by atoms with E-state index in [1.54, 1.807) is 12.1 Å². The molecule has 1 aromatic carbocycles. The Bertz CT molecular complexity index is 1040. The van der Waals surface area contributed by atoms with E-state index in [0.717, 1.165) is 6.07 Å². The summed E-state index contributed by atoms with van der Waals surface area (Å²) in [4.78, 5) is 12.3. The molecular formula is C22H22F3N3O3. The zero-order chi connectivity index (χ0) is 22.9. The second-order valence-electron chi connectivity index (χ2n) is 7.93. The molecule has 0 bridgehead atoms. The van der Waals surface area contributed by atoms with Crippen LogP contribution in [0.3, 0.4) is 0 Å². The van der Waals surface area contributed by atoms with Gasteiger partial charge in [-0.05, 0) is 18.2 Å². The number of ether oxygens (including phenoxy) is 2. The van der Waals surface area contributed by atoms with Crippen LogP contribution in [0.5, 0.6) is 11.5 Å². The van der Waals surface area contributed by atoms with Gasteiger partial charge in [-0.15, -0.1) is 13.2 Å². The summed E-state index contributed by atoms with van der Waals surface area (Å²) in [5.74, 6) is -0.192. The molecule has 0 amide bonds. The highest BCUT2D eigenvalue weighted by molar-refractivity contribution is 5.71. The number of pyridine rings is 1. The minimum atomic E-state index is -4.87. The highest BCUT2D eigenvalue weighted by atomic mass is 19.4. The van der Waals surface area contributed by atoms with Gasteiger partial charge in [-0.3, -0.25) is 4.98 Å². The van der Waals surface area contributed by atoms with Gasteiger partial charge in [0.25, 0.3) is 0 Å². The van der Waals surface area contributed by atoms with Gasteiger partial charge < -0.3 is 14.6 Å². The summed E-state index contributed by atoms with van der Waals surface area (Å²) in [6.45, 7) is 5.52. The van der Waals surface area contributed by atoms with E-state index in [-0.39, 0.29) is 11.3 Å². The summed E-state index contributed by atoms with van der Waals surface area (Å²) in [7, 11) is 1.35. The number of methoxy groups -OCH3 is 1. The maximum Gasteiger partial charge on any atom is 0.573 e. The first-order chi connectivity index (χ1) is 14.5. The number of halogens is 3. The van der Waals surface area contributed by atoms with Crippen molar-refractivity contribution in [1.29, 1.82) is 0 Å². The highest BCUT2D eigenvalue weighted by Gasteiger charge is 2.45. The van der Waals surface area contributed by atoms with Gasteiger partial charge in [0, 0.05) is 46.8 Å². The summed E-state index contributed by atoms with van der Waals surface area (Å²) in [5, 5.41) is 11.6. The van der Waals surface area contributed by atoms with Crippen LogP contribution in [-0.2, 0) is 5.60 Å². The third-order valence-corrected chi connectivity index (χ3v) is 4.92. The van der Waals surface area contributed by atoms with Crippen molar-refractivity contribution in [2.24, 2.45) is 5.41 Å². The molecule has 6 nitrogen and oxygen atoms in total. The minimum absolute atomic E-state index is 0.180. The molecule has 3 rings (SSSR count). The molecule has 0 aliphatic heterocycles. The van der Waals surface area contributed by atoms with Crippen LogP contribution < -0.4 is 9.47 Å². The largest absolute Gasteiger partial charge is 0.573 e. The average molecular weight is 433 g/mol. The van der Waals surface area contributed by atoms with E-state index in [1.807, 2.05) is 20.8 Å². The normalized spacial score (nSPS) is 14.1. The molecule has 1 N–H and O–H groups in total. The molecule has 164 valence electrons. The SMILES string of the molecule is COc1ccc(-c2ccc(C(O)(c3cncnc3)C(C)(C)C)nc2)c(OC(F)(F)F)c1. The zero-order valence-corrected chi connectivity index (χ0v) is 17.4. The lowest BCUT2D eigenvalue weighted by molar-refractivity contribution is -0.274. The van der Waals surface area contributed by atoms with Gasteiger partial charge in [-0.1, -0.05) is 26.8 Å². The average Bonchev–Trinajstić information content (AvgIpc) is 2.72. The molecule has 3 aromatic rings. The summed E-state index contributed by atoms with van der Waals surface area (Å²) in [6, 6.07) is 7.28. The van der Waals surface area contributed by atoms with Gasteiger partial charge in [0.15, 0.2) is 0 Å². The van der Waals surface area contributed by atoms with Crippen LogP contribution in [-0.4, -0.2) is 33.5 Å². The first-order valence-corrected chi connectivity index (χ1v) is 9.34. The van der Waals surface area contributed by atoms with Crippen LogP contribution >= 0.6 is 0 Å². The fraction of sp³-hybridized carbons (Fsp3) is 0.318. The minimum Gasteiger partial charge on any atom is -0.497 e. The van der Waals surface area contributed by atoms with Crippen molar-refractivity contribution in [3.05, 3.63) is 66.5 Å². The Morgan fingerprint density at radius 3 is 2.13 bits per heavy atom. The number of alkyl halides is 3. The van der Waals surface area contributed by atoms with Crippen molar-refractivity contribution >= 4 is 0 Å². The molecule has 0 saturated carbocycles. The molecule has 1 unspecified atom stereocenters. The summed E-state index contributed by atoms with van der Waals surface area (Å²) < 4.78 is 47.8. The van der Waals surface area contributed by atoms with Crippen LogP contribution in [0.2, 0.25) is 0 Å². The molecular weight excluding hydrogens is 411 g/mol. The Morgan fingerprint density at radius 1 is 0.935 bits per heavy atom. The molecule has 0 saturated heterocycles. The summed E-state index contributed by atoms with van der Waals surface area (Å²) in [6.07, 6.45) is 0.892. The van der Waals surface area contributed by atoms with Gasteiger partial charge in [0.05, 0.1) is 12.8 Å². The Hall–Kier alpha value is -3.20. The second-order valence-corrected chi connectivity index (χ2v) is 7.93. The first kappa shape index (κ1) is 22.5. The second kappa shape index (κ2) is 8.14. The van der Waals surface area contributed by atoms with E-state index in [0.29, 0.717) is 16.8 Å². The zero-order valence-electron chi connectivity index (χ0n) is 17.4. The fourth-order valence-electron chi connectivity index (χ4n) is 3.30. The molecule has 1 atom stereocenters. The van der Waals surface area contributed by atoms with E-state index in [4.69, 9.17) is 4.74 Å². The molecule has 2 heterocycles. The maximum atomic E-state index is 12.9. The predicted molar refractivity (Wildman–Crippen MR) is 107 cm³/mol. The lowest BCUT2D eigenvalue weighted by atomic mass is 9.70. The van der Waals surface area contributed by atoms with E-state index >= 15 is 0 Å². The number of aliphatic hydroxyl groups is 1. The standard InChI is InChI=1S/C22H22F3N3O3/c1-20(2,3)21(29,15-11-26-13-27-12-15)19-8-5-14(10-28-19)17-7-6-16(30-4)9-18(17)31-22(23,24)25/h5-13,29H,1-4H3. The molecule has 2 aromatic heterocycles. The maximum absolute atomic E-state index is 12.9. The topological polar surface area (TPSA) is 77.4 Å². The predicted octanol–water partition coefficient (Wildman–Crippen LogP) is 4.73. The van der Waals surface area contributed by atoms with Crippen LogP contribution in [0.15, 0.2) is 55.2 Å². The monoisotopic (exact) mass is 433 g/mol. The van der Waals surface area contributed by atoms with E-state index < -0.39 is 23.1 Å². The van der Waals surface area contributed by atoms with Gasteiger partial charge in [-0.2, -0.15) is 0 Å². The summed E-state index contributed by atoms with van der Waals surface area (Å²) >= 11 is 0. The lowest BCUT2D eigenvalue weighted by Gasteiger charge is -2.39. The van der Waals surface area contributed by atoms with Crippen LogP contribution in [0.1, 0.15) is 32.0 Å². The third kappa shape index (κ3) is 4.61. The smallest absolute Gasteiger partial charge is 0.497 e. The van der Waals surface area contributed by atoms with Gasteiger partial charge in [0.1, 0.15) is 23.4 Å². The first-order valence-electron chi connectivity index (χ1n) is 9.34. The molecule has 0 aliphatic carbocycles. The van der Waals surface area contributed by atoms with E-state index in [2.05, 4.69) is 19.7 Å². The van der Waals surface area contributed by atoms with Crippen molar-refractivity contribution in [2.45, 2.75) is 32.7 Å². The number of hydrogen-bond donors (Lipinski definition) is 1. The number of rotatable bonds is 5. The summed E-state index contributed by atoms with van der Waals surface area (Å²) in [5.41, 5.74) is -0.890. The van der Waals surface area contributed by atoms with Crippen molar-refractivity contribution in [3.63, 3.8) is 0 Å². The number of hydrogen-bond acceptors (Lipinski definition) is 6. The molecule has 0 radical (unpaired) electrons. The third-order valence-electron chi connectivity index (χ3n) is 4.92. The van der Waals surface area contributed by atoms with Gasteiger partial charge in [-0.25, -0.2) is 9.97 Å². The lowest BCUT2D eigenvalue weighted by Crippen LogP contribution is -2.42. The van der Waals surface area contributed by atoms with Gasteiger partial charge in [0.2, 0.25) is 0 Å². The highest BCUT2D eigenvalue weighted by Crippen LogP contribution is 2.44. The number of aromatic nitrogens is 3. The molecule has 9 heteroatoms. The Labute approximate surface area is 177 Å². The van der Waals surface area contributed by atoms with Crippen molar-refractivity contribution in [1.82, 2.24) is 15.0 Å². The van der Waals surface area contributed by atoms with E-state index in [1.165, 1.54) is 44.2 Å². The van der Waals surface area contributed by atoms with Crippen LogP contribution in [0.4, 0.5) is 13.2 Å². The Kier molecular flexibility index (Phi) is 5.91. The molecule has 0 fully saturated rings. The van der Waals surface area contributed by atoms with Crippen molar-refractivity contribution in [3.8, 4) is 22.6 Å². The molecule has 31 heavy (non-hydrogen) atoms. The van der Waals surface area contributed by atoms with Gasteiger partial charge >= 0.3 is 6.36 Å². The fourth-order valence-corrected chi connectivity index (χ4v) is 3.30. The van der Waals surface area contributed by atoms with E-state index in [9.17, 15) is 18.3 Å². The number of nitrogens with zero attached hydrogens (tertiary/aromatic N) is 3. The van der Waals surface area contributed by atoms with Crippen molar-refractivity contribution in [2.75, 3.05) is 7.11 Å². The molecule has 0 aliphatic rings. The molecule has 0 spiro atoms. The Morgan fingerprint density at radius 2 is 1.61 bits per heavy atom.